The molecule has 2 unspecified atom stereocenters. The number of aliphatic hydroxyl groups is 1. The van der Waals surface area contributed by atoms with E-state index in [1.807, 2.05) is 55.5 Å². The number of Topliss-reactive ketones (excluding diaryl/α,β-unsaturated/α-hetero) is 2. The molecule has 4 heterocycles. The molecule has 2 aliphatic heterocycles. The van der Waals surface area contributed by atoms with Gasteiger partial charge in [-0.3, -0.25) is 9.59 Å². The molecule has 0 saturated heterocycles. The van der Waals surface area contributed by atoms with E-state index in [0.717, 1.165) is 41.5 Å². The first-order valence-electron chi connectivity index (χ1n) is 14.8. The largest absolute Gasteiger partial charge is 0.385 e. The van der Waals surface area contributed by atoms with Gasteiger partial charge in [-0.25, -0.2) is 23.7 Å². The van der Waals surface area contributed by atoms with Crippen LogP contribution >= 0.6 is 0 Å². The molecule has 10 heteroatoms. The zero-order valence-corrected chi connectivity index (χ0v) is 23.2. The summed E-state index contributed by atoms with van der Waals surface area (Å²) in [5.74, 6) is 0.676. The Labute approximate surface area is 241 Å². The Morgan fingerprint density at radius 2 is 1.50 bits per heavy atom. The lowest BCUT2D eigenvalue weighted by molar-refractivity contribution is 0.0944. The van der Waals surface area contributed by atoms with Gasteiger partial charge in [-0.15, -0.1) is 10.2 Å². The molecule has 214 valence electrons. The molecule has 0 bridgehead atoms. The van der Waals surface area contributed by atoms with E-state index in [4.69, 9.17) is 0 Å². The molecule has 2 aromatic heterocycles. The SMILES string of the molecule is Cc1ccccc1[C@@H]1C[C@@H](O)c2nc(C(=O)C3CC3Cc3ccccc3[C@@H]3C[C@@H](F)c4nc(C(=O)C5CC5)nn43)nn21. The van der Waals surface area contributed by atoms with E-state index in [9.17, 15) is 14.7 Å². The second kappa shape index (κ2) is 9.49. The lowest BCUT2D eigenvalue weighted by Crippen LogP contribution is -2.14. The van der Waals surface area contributed by atoms with Crippen molar-refractivity contribution in [2.75, 3.05) is 0 Å². The van der Waals surface area contributed by atoms with Gasteiger partial charge < -0.3 is 5.11 Å². The fourth-order valence-electron chi connectivity index (χ4n) is 6.89. The number of benzene rings is 2. The van der Waals surface area contributed by atoms with Crippen molar-refractivity contribution in [3.8, 4) is 0 Å². The molecule has 4 aliphatic rings. The van der Waals surface area contributed by atoms with Crippen LogP contribution in [0.2, 0.25) is 0 Å². The lowest BCUT2D eigenvalue weighted by Gasteiger charge is -2.16. The first-order chi connectivity index (χ1) is 20.4. The van der Waals surface area contributed by atoms with E-state index in [-0.39, 0.29) is 65.3 Å². The Balaban J connectivity index is 1.01. The lowest BCUT2D eigenvalue weighted by atomic mass is 9.94. The molecule has 2 aromatic carbocycles. The molecule has 2 saturated carbocycles. The Kier molecular flexibility index (Phi) is 5.79. The van der Waals surface area contributed by atoms with Crippen LogP contribution in [0.5, 0.6) is 0 Å². The van der Waals surface area contributed by atoms with E-state index < -0.39 is 12.3 Å². The topological polar surface area (TPSA) is 116 Å². The molecular formula is C32H31FN6O3. The van der Waals surface area contributed by atoms with E-state index in [1.54, 1.807) is 9.36 Å². The predicted octanol–water partition coefficient (Wildman–Crippen LogP) is 4.86. The summed E-state index contributed by atoms with van der Waals surface area (Å²) in [6, 6.07) is 15.4. The van der Waals surface area contributed by atoms with Crippen LogP contribution in [0.4, 0.5) is 4.39 Å². The average molecular weight is 567 g/mol. The van der Waals surface area contributed by atoms with Gasteiger partial charge in [0.05, 0.1) is 12.1 Å². The number of hydrogen-bond acceptors (Lipinski definition) is 7. The predicted molar refractivity (Wildman–Crippen MR) is 149 cm³/mol. The number of aliphatic hydroxyl groups excluding tert-OH is 1. The number of halogens is 1. The van der Waals surface area contributed by atoms with E-state index in [1.165, 1.54) is 0 Å². The number of ketones is 2. The maximum atomic E-state index is 15.0. The van der Waals surface area contributed by atoms with Crippen LogP contribution in [-0.2, 0) is 6.42 Å². The molecule has 0 spiro atoms. The second-order valence-electron chi connectivity index (χ2n) is 12.3. The summed E-state index contributed by atoms with van der Waals surface area (Å²) >= 11 is 0. The first-order valence-corrected chi connectivity index (χ1v) is 14.8. The zero-order valence-electron chi connectivity index (χ0n) is 23.2. The Bertz CT molecular complexity index is 1740. The molecule has 8 rings (SSSR count). The highest BCUT2D eigenvalue weighted by molar-refractivity contribution is 5.96. The third-order valence-corrected chi connectivity index (χ3v) is 9.45. The van der Waals surface area contributed by atoms with Crippen LogP contribution in [0.15, 0.2) is 48.5 Å². The molecule has 2 aliphatic carbocycles. The molecule has 42 heavy (non-hydrogen) atoms. The van der Waals surface area contributed by atoms with Crippen LogP contribution in [0.3, 0.4) is 0 Å². The van der Waals surface area contributed by atoms with Crippen molar-refractivity contribution in [1.29, 1.82) is 0 Å². The van der Waals surface area contributed by atoms with Crippen molar-refractivity contribution in [3.63, 3.8) is 0 Å². The van der Waals surface area contributed by atoms with Crippen LogP contribution in [0.1, 0.15) is 112 Å². The minimum absolute atomic E-state index is 0.0242. The Morgan fingerprint density at radius 3 is 2.26 bits per heavy atom. The Hall–Kier alpha value is -4.05. The summed E-state index contributed by atoms with van der Waals surface area (Å²) in [5.41, 5.74) is 4.18. The van der Waals surface area contributed by atoms with Gasteiger partial charge in [0.2, 0.25) is 23.2 Å². The van der Waals surface area contributed by atoms with Gasteiger partial charge >= 0.3 is 0 Å². The van der Waals surface area contributed by atoms with Gasteiger partial charge in [-0.1, -0.05) is 48.5 Å². The molecule has 4 aromatic rings. The molecule has 0 radical (unpaired) electrons. The van der Waals surface area contributed by atoms with Crippen molar-refractivity contribution < 1.29 is 19.1 Å². The molecule has 6 atom stereocenters. The molecule has 0 amide bonds. The van der Waals surface area contributed by atoms with Crippen molar-refractivity contribution >= 4 is 11.6 Å². The van der Waals surface area contributed by atoms with Gasteiger partial charge in [-0.05, 0) is 60.8 Å². The van der Waals surface area contributed by atoms with Crippen LogP contribution in [-0.4, -0.2) is 46.2 Å². The van der Waals surface area contributed by atoms with Crippen molar-refractivity contribution in [3.05, 3.63) is 94.1 Å². The highest BCUT2D eigenvalue weighted by Gasteiger charge is 2.47. The van der Waals surface area contributed by atoms with Crippen molar-refractivity contribution in [2.45, 2.75) is 69.8 Å². The van der Waals surface area contributed by atoms with E-state index in [0.29, 0.717) is 18.7 Å². The average Bonchev–Trinajstić information content (AvgIpc) is 3.81. The number of aromatic nitrogens is 6. The van der Waals surface area contributed by atoms with Crippen LogP contribution in [0.25, 0.3) is 0 Å². The van der Waals surface area contributed by atoms with Gasteiger partial charge in [0.15, 0.2) is 17.8 Å². The van der Waals surface area contributed by atoms with Crippen molar-refractivity contribution in [2.24, 2.45) is 17.8 Å². The number of hydrogen-bond donors (Lipinski definition) is 1. The second-order valence-corrected chi connectivity index (χ2v) is 12.3. The highest BCUT2D eigenvalue weighted by Crippen LogP contribution is 2.47. The smallest absolute Gasteiger partial charge is 0.217 e. The number of carbonyl (C=O) groups is 2. The maximum absolute atomic E-state index is 15.0. The Morgan fingerprint density at radius 1 is 0.857 bits per heavy atom. The molecular weight excluding hydrogens is 535 g/mol. The fourth-order valence-corrected chi connectivity index (χ4v) is 6.89. The summed E-state index contributed by atoms with van der Waals surface area (Å²) in [4.78, 5) is 34.8. The van der Waals surface area contributed by atoms with Gasteiger partial charge in [0.1, 0.15) is 6.10 Å². The maximum Gasteiger partial charge on any atom is 0.217 e. The van der Waals surface area contributed by atoms with E-state index >= 15 is 4.39 Å². The highest BCUT2D eigenvalue weighted by atomic mass is 19.1. The van der Waals surface area contributed by atoms with Gasteiger partial charge in [0, 0.05) is 24.7 Å². The summed E-state index contributed by atoms with van der Waals surface area (Å²) < 4.78 is 18.4. The van der Waals surface area contributed by atoms with Crippen molar-refractivity contribution in [1.82, 2.24) is 29.5 Å². The summed E-state index contributed by atoms with van der Waals surface area (Å²) in [6.45, 7) is 2.03. The summed E-state index contributed by atoms with van der Waals surface area (Å²) in [7, 11) is 0. The summed E-state index contributed by atoms with van der Waals surface area (Å²) in [5, 5.41) is 19.8. The zero-order chi connectivity index (χ0) is 28.7. The molecule has 9 nitrogen and oxygen atoms in total. The number of carbonyl (C=O) groups excluding carboxylic acids is 2. The quantitative estimate of drug-likeness (QED) is 0.303. The minimum atomic E-state index is -1.28. The standard InChI is InChI=1S/C32H31FN6O3/c1-16-6-2-4-8-20(16)25-15-26(40)32-35-30(37-39(25)32)28(42)22-13-19(22)12-18-7-3-5-9-21(18)24-14-23(33)31-34-29(36-38(24)31)27(41)17-10-11-17/h2-9,17,19,22-26,40H,10-15H2,1H3/t19?,22?,23-,24+,25+,26-/m1/s1. The number of nitrogens with zero attached hydrogens (tertiary/aromatic N) is 6. The number of aryl methyl sites for hydroxylation is 1. The monoisotopic (exact) mass is 566 g/mol. The third-order valence-electron chi connectivity index (χ3n) is 9.45. The van der Waals surface area contributed by atoms with Crippen LogP contribution < -0.4 is 0 Å². The fraction of sp³-hybridized carbons (Fsp3) is 0.438. The first kappa shape index (κ1) is 25.6. The molecule has 1 N–H and O–H groups in total. The van der Waals surface area contributed by atoms with Gasteiger partial charge in [0.25, 0.3) is 0 Å². The number of rotatable bonds is 8. The normalized spacial score (nSPS) is 27.6. The number of fused-ring (bicyclic) bond motifs is 2. The summed E-state index contributed by atoms with van der Waals surface area (Å²) in [6.07, 6.45) is 1.76. The van der Waals surface area contributed by atoms with Gasteiger partial charge in [-0.2, -0.15) is 0 Å². The third kappa shape index (κ3) is 4.14. The number of alkyl halides is 1. The minimum Gasteiger partial charge on any atom is -0.385 e. The van der Waals surface area contributed by atoms with Crippen LogP contribution in [0, 0.1) is 24.7 Å². The molecule has 2 fully saturated rings. The van der Waals surface area contributed by atoms with E-state index in [2.05, 4.69) is 20.2 Å².